The molecule has 0 unspecified atom stereocenters. The summed E-state index contributed by atoms with van der Waals surface area (Å²) in [7, 11) is 8.30. The molecule has 0 aliphatic rings. The summed E-state index contributed by atoms with van der Waals surface area (Å²) in [5.41, 5.74) is 0. The van der Waals surface area contributed by atoms with Crippen LogP contribution in [0.25, 0.3) is 0 Å². The highest BCUT2D eigenvalue weighted by atomic mass is 16.7. The van der Waals surface area contributed by atoms with Gasteiger partial charge in [0, 0.05) is 20.6 Å². The van der Waals surface area contributed by atoms with Crippen molar-refractivity contribution in [2.75, 3.05) is 35.4 Å². The Morgan fingerprint density at radius 3 is 2.24 bits per heavy atom. The molecule has 5 heteroatoms. The highest BCUT2D eigenvalue weighted by molar-refractivity contribution is 5.68. The number of ether oxygens (including phenoxy) is 3. The molecule has 0 atom stereocenters. The third-order valence-electron chi connectivity index (χ3n) is 2.52. The van der Waals surface area contributed by atoms with E-state index < -0.39 is 5.91 Å². The van der Waals surface area contributed by atoms with Crippen molar-refractivity contribution < 1.29 is 19.0 Å². The lowest BCUT2D eigenvalue weighted by Crippen LogP contribution is -2.45. The van der Waals surface area contributed by atoms with Gasteiger partial charge in [0.25, 0.3) is 0 Å². The maximum Gasteiger partial charge on any atom is 0.305 e. The molecule has 0 radical (unpaired) electrons. The van der Waals surface area contributed by atoms with Crippen LogP contribution in [0.1, 0.15) is 19.3 Å². The Bertz CT molecular complexity index is 247. The van der Waals surface area contributed by atoms with Gasteiger partial charge in [0.15, 0.2) is 0 Å². The van der Waals surface area contributed by atoms with E-state index in [2.05, 4.69) is 4.74 Å². The van der Waals surface area contributed by atoms with Crippen molar-refractivity contribution in [2.45, 2.75) is 25.2 Å². The van der Waals surface area contributed by atoms with Crippen LogP contribution in [0.2, 0.25) is 0 Å². The number of rotatable bonds is 8. The van der Waals surface area contributed by atoms with Crippen molar-refractivity contribution in [3.63, 3.8) is 0 Å². The van der Waals surface area contributed by atoms with Crippen molar-refractivity contribution >= 4 is 5.97 Å². The Labute approximate surface area is 103 Å². The first kappa shape index (κ1) is 16.1. The van der Waals surface area contributed by atoms with Gasteiger partial charge in [-0.1, -0.05) is 6.08 Å². The zero-order valence-corrected chi connectivity index (χ0v) is 11.4. The predicted molar refractivity (Wildman–Crippen MR) is 65.4 cm³/mol. The fraction of sp³-hybridized carbons (Fsp3) is 0.750. The number of carbonyl (C=O) groups is 1. The van der Waals surface area contributed by atoms with Crippen LogP contribution in [0.3, 0.4) is 0 Å². The Balaban J connectivity index is 4.15. The van der Waals surface area contributed by atoms with Gasteiger partial charge in [0.1, 0.15) is 0 Å². The summed E-state index contributed by atoms with van der Waals surface area (Å²) in [6.07, 6.45) is 5.73. The van der Waals surface area contributed by atoms with Crippen molar-refractivity contribution in [3.8, 4) is 0 Å². The third kappa shape index (κ3) is 5.30. The van der Waals surface area contributed by atoms with Crippen LogP contribution >= 0.6 is 0 Å². The first-order valence-electron chi connectivity index (χ1n) is 5.54. The maximum atomic E-state index is 10.9. The number of allylic oxidation sites excluding steroid dienone is 1. The number of carbonyl (C=O) groups excluding carboxylic acids is 1. The Kier molecular flexibility index (Phi) is 7.78. The molecule has 0 spiro atoms. The smallest absolute Gasteiger partial charge is 0.305 e. The molecule has 0 aliphatic heterocycles. The Morgan fingerprint density at radius 1 is 1.24 bits per heavy atom. The molecule has 0 N–H and O–H groups in total. The lowest BCUT2D eigenvalue weighted by Gasteiger charge is -2.33. The summed E-state index contributed by atoms with van der Waals surface area (Å²) in [6.45, 7) is 0. The summed E-state index contributed by atoms with van der Waals surface area (Å²) in [6, 6.07) is 0. The average molecular weight is 245 g/mol. The van der Waals surface area contributed by atoms with Crippen LogP contribution in [-0.4, -0.2) is 52.2 Å². The number of unbranched alkanes of at least 4 members (excludes halogenated alkanes) is 1. The van der Waals surface area contributed by atoms with E-state index in [-0.39, 0.29) is 5.97 Å². The fourth-order valence-electron chi connectivity index (χ4n) is 1.43. The number of hydrogen-bond acceptors (Lipinski definition) is 5. The van der Waals surface area contributed by atoms with Crippen LogP contribution in [0.15, 0.2) is 12.2 Å². The number of likely N-dealkylation sites (N-methyl/N-ethyl adjacent to an activating group) is 1. The molecule has 0 saturated heterocycles. The zero-order chi connectivity index (χ0) is 13.3. The second kappa shape index (κ2) is 8.22. The molecule has 0 aromatic heterocycles. The largest absolute Gasteiger partial charge is 0.469 e. The van der Waals surface area contributed by atoms with Gasteiger partial charge < -0.3 is 14.2 Å². The molecule has 0 aromatic carbocycles. The molecule has 0 heterocycles. The second-order valence-electron chi connectivity index (χ2n) is 3.80. The molecule has 100 valence electrons. The van der Waals surface area contributed by atoms with Gasteiger partial charge in [0.2, 0.25) is 5.91 Å². The van der Waals surface area contributed by atoms with E-state index in [0.29, 0.717) is 6.42 Å². The molecule has 0 saturated carbocycles. The molecule has 17 heavy (non-hydrogen) atoms. The first-order valence-corrected chi connectivity index (χ1v) is 5.54. The summed E-state index contributed by atoms with van der Waals surface area (Å²) >= 11 is 0. The molecule has 5 nitrogen and oxygen atoms in total. The highest BCUT2D eigenvalue weighted by Crippen LogP contribution is 2.16. The molecule has 0 rings (SSSR count). The van der Waals surface area contributed by atoms with Gasteiger partial charge in [-0.3, -0.25) is 9.69 Å². The van der Waals surface area contributed by atoms with Crippen molar-refractivity contribution in [1.82, 2.24) is 4.90 Å². The monoisotopic (exact) mass is 245 g/mol. The van der Waals surface area contributed by atoms with E-state index in [1.807, 2.05) is 31.1 Å². The molecular formula is C12H23NO4. The predicted octanol–water partition coefficient (Wildman–Crippen LogP) is 1.39. The molecule has 0 amide bonds. The van der Waals surface area contributed by atoms with E-state index in [1.54, 1.807) is 14.2 Å². The van der Waals surface area contributed by atoms with Crippen molar-refractivity contribution in [2.24, 2.45) is 0 Å². The van der Waals surface area contributed by atoms with E-state index in [0.717, 1.165) is 12.8 Å². The minimum absolute atomic E-state index is 0.184. The maximum absolute atomic E-state index is 10.9. The SMILES string of the molecule is COC(=O)CCC/C=C/C(OC)(OC)N(C)C. The molecule has 0 fully saturated rings. The number of methoxy groups -OCH3 is 3. The van der Waals surface area contributed by atoms with E-state index in [9.17, 15) is 4.79 Å². The van der Waals surface area contributed by atoms with Gasteiger partial charge >= 0.3 is 5.97 Å². The van der Waals surface area contributed by atoms with Gasteiger partial charge in [-0.05, 0) is 33.0 Å². The standard InChI is InChI=1S/C12H23NO4/c1-13(2)12(16-4,17-5)10-8-6-7-9-11(14)15-3/h8,10H,6-7,9H2,1-5H3/b10-8+. The van der Waals surface area contributed by atoms with E-state index in [1.165, 1.54) is 7.11 Å². The quantitative estimate of drug-likeness (QED) is 0.280. The summed E-state index contributed by atoms with van der Waals surface area (Å²) < 4.78 is 15.2. The van der Waals surface area contributed by atoms with Crippen molar-refractivity contribution in [1.29, 1.82) is 0 Å². The first-order chi connectivity index (χ1) is 8.02. The van der Waals surface area contributed by atoms with Crippen molar-refractivity contribution in [3.05, 3.63) is 12.2 Å². The Morgan fingerprint density at radius 2 is 1.82 bits per heavy atom. The van der Waals surface area contributed by atoms with Crippen LogP contribution in [0.4, 0.5) is 0 Å². The fourth-order valence-corrected chi connectivity index (χ4v) is 1.43. The third-order valence-corrected chi connectivity index (χ3v) is 2.52. The average Bonchev–Trinajstić information content (AvgIpc) is 2.33. The minimum atomic E-state index is -0.842. The lowest BCUT2D eigenvalue weighted by molar-refractivity contribution is -0.247. The van der Waals surface area contributed by atoms with Gasteiger partial charge in [-0.2, -0.15) is 0 Å². The summed E-state index contributed by atoms with van der Waals surface area (Å²) in [5, 5.41) is 0. The van der Waals surface area contributed by atoms with Gasteiger partial charge in [-0.25, -0.2) is 0 Å². The van der Waals surface area contributed by atoms with Gasteiger partial charge in [-0.15, -0.1) is 0 Å². The molecule has 0 aromatic rings. The highest BCUT2D eigenvalue weighted by Gasteiger charge is 2.28. The minimum Gasteiger partial charge on any atom is -0.469 e. The van der Waals surface area contributed by atoms with Crippen LogP contribution < -0.4 is 0 Å². The van der Waals surface area contributed by atoms with Crippen LogP contribution in [0.5, 0.6) is 0 Å². The Hall–Kier alpha value is -0.910. The summed E-state index contributed by atoms with van der Waals surface area (Å²) in [4.78, 5) is 12.7. The number of hydrogen-bond donors (Lipinski definition) is 0. The molecule has 0 bridgehead atoms. The second-order valence-corrected chi connectivity index (χ2v) is 3.80. The topological polar surface area (TPSA) is 48.0 Å². The number of nitrogens with zero attached hydrogens (tertiary/aromatic N) is 1. The molecular weight excluding hydrogens is 222 g/mol. The summed E-state index contributed by atoms with van der Waals surface area (Å²) in [5.74, 6) is -1.03. The van der Waals surface area contributed by atoms with Gasteiger partial charge in [0.05, 0.1) is 7.11 Å². The zero-order valence-electron chi connectivity index (χ0n) is 11.4. The number of esters is 1. The lowest BCUT2D eigenvalue weighted by atomic mass is 10.2. The molecule has 0 aliphatic carbocycles. The van der Waals surface area contributed by atoms with E-state index in [4.69, 9.17) is 9.47 Å². The van der Waals surface area contributed by atoms with Crippen LogP contribution in [-0.2, 0) is 19.0 Å². The normalized spacial score (nSPS) is 12.4. The van der Waals surface area contributed by atoms with E-state index >= 15 is 0 Å². The van der Waals surface area contributed by atoms with Crippen LogP contribution in [0, 0.1) is 0 Å².